The first kappa shape index (κ1) is 13.8. The van der Waals surface area contributed by atoms with Gasteiger partial charge in [0, 0.05) is 20.3 Å². The lowest BCUT2D eigenvalue weighted by molar-refractivity contribution is -0.130. The number of rotatable bonds is 4. The molecule has 0 atom stereocenters. The molecule has 18 heavy (non-hydrogen) atoms. The van der Waals surface area contributed by atoms with Gasteiger partial charge in [-0.3, -0.25) is 0 Å². The van der Waals surface area contributed by atoms with Gasteiger partial charge in [-0.2, -0.15) is 5.26 Å². The van der Waals surface area contributed by atoms with Crippen molar-refractivity contribution < 1.29 is 9.90 Å². The highest BCUT2D eigenvalue weighted by Crippen LogP contribution is 2.22. The summed E-state index contributed by atoms with van der Waals surface area (Å²) < 4.78 is 0. The molecule has 0 saturated heterocycles. The molecular formula is C14H16N2O2. The lowest BCUT2D eigenvalue weighted by Crippen LogP contribution is -2.09. The summed E-state index contributed by atoms with van der Waals surface area (Å²) in [5, 5.41) is 18.1. The molecule has 4 heteroatoms. The molecular weight excluding hydrogens is 228 g/mol. The number of aliphatic carboxylic acids is 1. The molecule has 0 aliphatic carbocycles. The predicted molar refractivity (Wildman–Crippen MR) is 69.8 cm³/mol. The van der Waals surface area contributed by atoms with Gasteiger partial charge in [0.25, 0.3) is 0 Å². The van der Waals surface area contributed by atoms with Crippen LogP contribution in [0.3, 0.4) is 0 Å². The van der Waals surface area contributed by atoms with Crippen molar-refractivity contribution in [2.75, 3.05) is 14.1 Å². The van der Waals surface area contributed by atoms with E-state index in [0.717, 1.165) is 5.56 Å². The maximum atomic E-state index is 11.3. The molecule has 4 nitrogen and oxygen atoms in total. The van der Waals surface area contributed by atoms with Crippen LogP contribution in [0.2, 0.25) is 0 Å². The van der Waals surface area contributed by atoms with Crippen LogP contribution in [0.25, 0.3) is 5.57 Å². The lowest BCUT2D eigenvalue weighted by Gasteiger charge is -2.12. The third-order valence-electron chi connectivity index (χ3n) is 2.52. The van der Waals surface area contributed by atoms with Gasteiger partial charge in [0.2, 0.25) is 0 Å². The van der Waals surface area contributed by atoms with Gasteiger partial charge in [-0.25, -0.2) is 4.79 Å². The molecule has 0 saturated carbocycles. The van der Waals surface area contributed by atoms with Crippen molar-refractivity contribution in [3.63, 3.8) is 0 Å². The molecule has 0 spiro atoms. The molecule has 0 amide bonds. The van der Waals surface area contributed by atoms with Crippen LogP contribution in [-0.4, -0.2) is 30.1 Å². The predicted octanol–water partition coefficient (Wildman–Crippen LogP) is 2.11. The molecule has 0 bridgehead atoms. The van der Waals surface area contributed by atoms with Gasteiger partial charge in [-0.1, -0.05) is 13.0 Å². The summed E-state index contributed by atoms with van der Waals surface area (Å²) in [6, 6.07) is 7.13. The number of aryl methyl sites for hydroxylation is 1. The highest BCUT2D eigenvalue weighted by atomic mass is 16.4. The Labute approximate surface area is 107 Å². The molecule has 0 aromatic heterocycles. The molecule has 0 fully saturated rings. The molecule has 94 valence electrons. The summed E-state index contributed by atoms with van der Waals surface area (Å²) in [6.07, 6.45) is 2.26. The average Bonchev–Trinajstić information content (AvgIpc) is 2.34. The van der Waals surface area contributed by atoms with Crippen molar-refractivity contribution in [2.45, 2.75) is 13.3 Å². The van der Waals surface area contributed by atoms with Crippen molar-refractivity contribution in [2.24, 2.45) is 0 Å². The van der Waals surface area contributed by atoms with E-state index in [2.05, 4.69) is 6.07 Å². The summed E-state index contributed by atoms with van der Waals surface area (Å²) in [5.74, 6) is -0.969. The Morgan fingerprint density at radius 2 is 2.17 bits per heavy atom. The highest BCUT2D eigenvalue weighted by Gasteiger charge is 2.14. The van der Waals surface area contributed by atoms with Gasteiger partial charge in [0.15, 0.2) is 0 Å². The first-order valence-corrected chi connectivity index (χ1v) is 5.64. The van der Waals surface area contributed by atoms with Gasteiger partial charge in [-0.05, 0) is 29.7 Å². The van der Waals surface area contributed by atoms with Gasteiger partial charge < -0.3 is 10.0 Å². The van der Waals surface area contributed by atoms with Crippen LogP contribution in [0.15, 0.2) is 24.4 Å². The number of nitriles is 1. The molecule has 1 rings (SSSR count). The van der Waals surface area contributed by atoms with E-state index in [4.69, 9.17) is 5.26 Å². The topological polar surface area (TPSA) is 64.3 Å². The van der Waals surface area contributed by atoms with E-state index < -0.39 is 5.97 Å². The first-order valence-electron chi connectivity index (χ1n) is 5.64. The van der Waals surface area contributed by atoms with Crippen LogP contribution in [0.4, 0.5) is 0 Å². The van der Waals surface area contributed by atoms with Crippen molar-refractivity contribution in [3.8, 4) is 6.07 Å². The van der Waals surface area contributed by atoms with Crippen molar-refractivity contribution in [1.82, 2.24) is 4.90 Å². The second-order valence-electron chi connectivity index (χ2n) is 4.15. The smallest absolute Gasteiger partial charge is 0.337 e. The third kappa shape index (κ3) is 3.11. The van der Waals surface area contributed by atoms with Gasteiger partial charge in [0.05, 0.1) is 17.2 Å². The SMILES string of the molecule is CCc1cc(C#N)ccc1/C(=C/N(C)C)C(=O)O. The maximum absolute atomic E-state index is 11.3. The van der Waals surface area contributed by atoms with E-state index in [0.29, 0.717) is 17.5 Å². The molecule has 0 heterocycles. The van der Waals surface area contributed by atoms with Gasteiger partial charge in [0.1, 0.15) is 0 Å². The van der Waals surface area contributed by atoms with E-state index in [9.17, 15) is 9.90 Å². The first-order chi connectivity index (χ1) is 8.49. The Morgan fingerprint density at radius 1 is 1.50 bits per heavy atom. The van der Waals surface area contributed by atoms with E-state index in [1.54, 1.807) is 43.4 Å². The summed E-state index contributed by atoms with van der Waals surface area (Å²) in [6.45, 7) is 1.94. The van der Waals surface area contributed by atoms with E-state index in [1.165, 1.54) is 0 Å². The zero-order chi connectivity index (χ0) is 13.7. The van der Waals surface area contributed by atoms with Gasteiger partial charge in [-0.15, -0.1) is 0 Å². The average molecular weight is 244 g/mol. The highest BCUT2D eigenvalue weighted by molar-refractivity contribution is 6.15. The van der Waals surface area contributed by atoms with E-state index in [1.807, 2.05) is 6.92 Å². The Morgan fingerprint density at radius 3 is 2.61 bits per heavy atom. The summed E-state index contributed by atoms with van der Waals surface area (Å²) in [7, 11) is 3.55. The summed E-state index contributed by atoms with van der Waals surface area (Å²) in [5.41, 5.74) is 2.31. The Balaban J connectivity index is 3.38. The number of carboxylic acid groups (broad SMARTS) is 1. The van der Waals surface area contributed by atoms with Crippen LogP contribution < -0.4 is 0 Å². The number of hydrogen-bond donors (Lipinski definition) is 1. The fourth-order valence-electron chi connectivity index (χ4n) is 1.72. The van der Waals surface area contributed by atoms with Crippen molar-refractivity contribution in [1.29, 1.82) is 5.26 Å². The molecule has 0 aliphatic heterocycles. The molecule has 0 aliphatic rings. The fraction of sp³-hybridized carbons (Fsp3) is 0.286. The van der Waals surface area contributed by atoms with Crippen LogP contribution in [0, 0.1) is 11.3 Å². The summed E-state index contributed by atoms with van der Waals surface area (Å²) >= 11 is 0. The van der Waals surface area contributed by atoms with Gasteiger partial charge >= 0.3 is 5.97 Å². The van der Waals surface area contributed by atoms with Crippen LogP contribution in [0.5, 0.6) is 0 Å². The molecule has 1 N–H and O–H groups in total. The number of benzene rings is 1. The monoisotopic (exact) mass is 244 g/mol. The minimum atomic E-state index is -0.969. The van der Waals surface area contributed by atoms with E-state index >= 15 is 0 Å². The molecule has 0 unspecified atom stereocenters. The van der Waals surface area contributed by atoms with Crippen LogP contribution in [0.1, 0.15) is 23.6 Å². The third-order valence-corrected chi connectivity index (χ3v) is 2.52. The van der Waals surface area contributed by atoms with E-state index in [-0.39, 0.29) is 5.57 Å². The molecule has 0 radical (unpaired) electrons. The second kappa shape index (κ2) is 5.87. The largest absolute Gasteiger partial charge is 0.478 e. The van der Waals surface area contributed by atoms with Crippen molar-refractivity contribution >= 4 is 11.5 Å². The van der Waals surface area contributed by atoms with Crippen LogP contribution >= 0.6 is 0 Å². The maximum Gasteiger partial charge on any atom is 0.337 e. The quantitative estimate of drug-likeness (QED) is 0.824. The summed E-state index contributed by atoms with van der Waals surface area (Å²) in [4.78, 5) is 13.0. The zero-order valence-corrected chi connectivity index (χ0v) is 10.8. The second-order valence-corrected chi connectivity index (χ2v) is 4.15. The minimum Gasteiger partial charge on any atom is -0.478 e. The van der Waals surface area contributed by atoms with Crippen LogP contribution in [-0.2, 0) is 11.2 Å². The Bertz CT molecular complexity index is 525. The minimum absolute atomic E-state index is 0.237. The Kier molecular flexibility index (Phi) is 4.50. The molecule has 1 aromatic carbocycles. The Hall–Kier alpha value is -2.28. The molecule has 1 aromatic rings. The zero-order valence-electron chi connectivity index (χ0n) is 10.8. The normalized spacial score (nSPS) is 10.9. The lowest BCUT2D eigenvalue weighted by atomic mass is 9.96. The number of carbonyl (C=O) groups is 1. The fourth-order valence-corrected chi connectivity index (χ4v) is 1.72. The number of hydrogen-bond acceptors (Lipinski definition) is 3. The number of nitrogens with zero attached hydrogens (tertiary/aromatic N) is 2. The standard InChI is InChI=1S/C14H16N2O2/c1-4-11-7-10(8-15)5-6-12(11)13(14(17)18)9-16(2)3/h5-7,9H,4H2,1-3H3,(H,17,18)/b13-9-. The van der Waals surface area contributed by atoms with Crippen molar-refractivity contribution in [3.05, 3.63) is 41.1 Å². The number of carboxylic acids is 1.